The monoisotopic (exact) mass is 266 g/mol. The second kappa shape index (κ2) is 5.54. The van der Waals surface area contributed by atoms with Gasteiger partial charge in [0, 0.05) is 44.6 Å². The molecule has 6 heteroatoms. The lowest BCUT2D eigenvalue weighted by Crippen LogP contribution is -2.45. The SMILES string of the molecule is COC1(CNC(=O)c2c[nH]c(C)cc2=O)CCOC1. The van der Waals surface area contributed by atoms with Crippen LogP contribution in [0.2, 0.25) is 0 Å². The average molecular weight is 266 g/mol. The van der Waals surface area contributed by atoms with Crippen molar-refractivity contribution in [1.82, 2.24) is 10.3 Å². The molecule has 1 aliphatic heterocycles. The minimum absolute atomic E-state index is 0.107. The molecule has 2 heterocycles. The fourth-order valence-corrected chi connectivity index (χ4v) is 2.05. The smallest absolute Gasteiger partial charge is 0.256 e. The molecule has 0 aliphatic carbocycles. The van der Waals surface area contributed by atoms with Gasteiger partial charge >= 0.3 is 0 Å². The van der Waals surface area contributed by atoms with Crippen molar-refractivity contribution in [2.75, 3.05) is 26.9 Å². The molecule has 1 unspecified atom stereocenters. The quantitative estimate of drug-likeness (QED) is 0.817. The third-order valence-electron chi connectivity index (χ3n) is 3.37. The fraction of sp³-hybridized carbons (Fsp3) is 0.538. The molecule has 0 radical (unpaired) electrons. The van der Waals surface area contributed by atoms with Gasteiger partial charge in [-0.25, -0.2) is 0 Å². The Balaban J connectivity index is 2.03. The largest absolute Gasteiger partial charge is 0.378 e. The highest BCUT2D eigenvalue weighted by atomic mass is 16.5. The number of methoxy groups -OCH3 is 1. The van der Waals surface area contributed by atoms with Gasteiger partial charge in [0.15, 0.2) is 5.43 Å². The maximum Gasteiger partial charge on any atom is 0.256 e. The Hall–Kier alpha value is -1.66. The van der Waals surface area contributed by atoms with Gasteiger partial charge in [0.1, 0.15) is 11.2 Å². The highest BCUT2D eigenvalue weighted by Gasteiger charge is 2.35. The summed E-state index contributed by atoms with van der Waals surface area (Å²) in [5, 5.41) is 2.73. The summed E-state index contributed by atoms with van der Waals surface area (Å²) in [5.74, 6) is -0.399. The van der Waals surface area contributed by atoms with Crippen molar-refractivity contribution < 1.29 is 14.3 Å². The first-order chi connectivity index (χ1) is 9.06. The van der Waals surface area contributed by atoms with Crippen molar-refractivity contribution in [3.8, 4) is 0 Å². The van der Waals surface area contributed by atoms with E-state index in [0.717, 1.165) is 12.1 Å². The van der Waals surface area contributed by atoms with Crippen molar-refractivity contribution in [1.29, 1.82) is 0 Å². The van der Waals surface area contributed by atoms with Gasteiger partial charge in [-0.05, 0) is 6.92 Å². The van der Waals surface area contributed by atoms with Crippen LogP contribution in [0.4, 0.5) is 0 Å². The fourth-order valence-electron chi connectivity index (χ4n) is 2.05. The number of amides is 1. The first-order valence-corrected chi connectivity index (χ1v) is 6.17. The molecule has 2 rings (SSSR count). The summed E-state index contributed by atoms with van der Waals surface area (Å²) in [6, 6.07) is 1.40. The lowest BCUT2D eigenvalue weighted by atomic mass is 10.0. The van der Waals surface area contributed by atoms with E-state index in [0.29, 0.717) is 19.8 Å². The Bertz CT molecular complexity index is 518. The number of carbonyl (C=O) groups excluding carboxylic acids is 1. The van der Waals surface area contributed by atoms with Gasteiger partial charge < -0.3 is 19.8 Å². The number of nitrogens with one attached hydrogen (secondary N) is 2. The lowest BCUT2D eigenvalue weighted by Gasteiger charge is -2.25. The van der Waals surface area contributed by atoms with Crippen molar-refractivity contribution in [2.24, 2.45) is 0 Å². The van der Waals surface area contributed by atoms with E-state index in [2.05, 4.69) is 10.3 Å². The molecule has 0 spiro atoms. The van der Waals surface area contributed by atoms with E-state index in [4.69, 9.17) is 9.47 Å². The van der Waals surface area contributed by atoms with E-state index in [1.807, 2.05) is 0 Å². The molecule has 6 nitrogen and oxygen atoms in total. The third-order valence-corrected chi connectivity index (χ3v) is 3.37. The molecule has 1 saturated heterocycles. The van der Waals surface area contributed by atoms with Crippen LogP contribution in [0.15, 0.2) is 17.1 Å². The zero-order valence-corrected chi connectivity index (χ0v) is 11.1. The van der Waals surface area contributed by atoms with E-state index in [1.54, 1.807) is 14.0 Å². The molecular weight excluding hydrogens is 248 g/mol. The number of hydrogen-bond acceptors (Lipinski definition) is 4. The number of aromatic nitrogens is 1. The number of aromatic amines is 1. The molecule has 0 bridgehead atoms. The molecule has 1 aromatic heterocycles. The van der Waals surface area contributed by atoms with Crippen molar-refractivity contribution in [2.45, 2.75) is 18.9 Å². The topological polar surface area (TPSA) is 80.4 Å². The predicted molar refractivity (Wildman–Crippen MR) is 69.3 cm³/mol. The Morgan fingerprint density at radius 2 is 2.42 bits per heavy atom. The number of pyridine rings is 1. The molecule has 104 valence electrons. The summed E-state index contributed by atoms with van der Waals surface area (Å²) >= 11 is 0. The average Bonchev–Trinajstić information content (AvgIpc) is 2.85. The third kappa shape index (κ3) is 3.02. The van der Waals surface area contributed by atoms with Crippen LogP contribution >= 0.6 is 0 Å². The highest BCUT2D eigenvalue weighted by Crippen LogP contribution is 2.21. The first-order valence-electron chi connectivity index (χ1n) is 6.17. The van der Waals surface area contributed by atoms with Crippen LogP contribution in [0.1, 0.15) is 22.5 Å². The van der Waals surface area contributed by atoms with Crippen LogP contribution in [0.5, 0.6) is 0 Å². The number of hydrogen-bond donors (Lipinski definition) is 2. The van der Waals surface area contributed by atoms with Crippen LogP contribution in [0.3, 0.4) is 0 Å². The van der Waals surface area contributed by atoms with Crippen LogP contribution in [0.25, 0.3) is 0 Å². The second-order valence-electron chi connectivity index (χ2n) is 4.77. The lowest BCUT2D eigenvalue weighted by molar-refractivity contribution is -0.0148. The van der Waals surface area contributed by atoms with Crippen LogP contribution < -0.4 is 10.7 Å². The Morgan fingerprint density at radius 1 is 1.63 bits per heavy atom. The van der Waals surface area contributed by atoms with E-state index in [-0.39, 0.29) is 11.0 Å². The zero-order valence-electron chi connectivity index (χ0n) is 11.1. The van der Waals surface area contributed by atoms with E-state index < -0.39 is 11.5 Å². The number of carbonyl (C=O) groups is 1. The van der Waals surface area contributed by atoms with Crippen LogP contribution in [0, 0.1) is 6.92 Å². The minimum Gasteiger partial charge on any atom is -0.378 e. The minimum atomic E-state index is -0.479. The molecule has 1 atom stereocenters. The van der Waals surface area contributed by atoms with Gasteiger partial charge in [-0.3, -0.25) is 9.59 Å². The van der Waals surface area contributed by atoms with Gasteiger partial charge in [0.25, 0.3) is 5.91 Å². The maximum absolute atomic E-state index is 12.0. The molecule has 2 N–H and O–H groups in total. The summed E-state index contributed by atoms with van der Waals surface area (Å²) in [6.45, 7) is 3.16. The normalized spacial score (nSPS) is 22.4. The summed E-state index contributed by atoms with van der Waals surface area (Å²) in [4.78, 5) is 26.5. The molecule has 0 aromatic carbocycles. The molecule has 1 aliphatic rings. The van der Waals surface area contributed by atoms with E-state index >= 15 is 0 Å². The predicted octanol–water partition coefficient (Wildman–Crippen LogP) is 0.219. The summed E-state index contributed by atoms with van der Waals surface area (Å²) in [6.07, 6.45) is 2.16. The van der Waals surface area contributed by atoms with Crippen LogP contribution in [-0.4, -0.2) is 43.4 Å². The van der Waals surface area contributed by atoms with Gasteiger partial charge in [0.2, 0.25) is 0 Å². The van der Waals surface area contributed by atoms with Crippen molar-refractivity contribution >= 4 is 5.91 Å². The van der Waals surface area contributed by atoms with Crippen LogP contribution in [-0.2, 0) is 9.47 Å². The Kier molecular flexibility index (Phi) is 4.01. The number of aryl methyl sites for hydroxylation is 1. The first kappa shape index (κ1) is 13.8. The summed E-state index contributed by atoms with van der Waals surface area (Å²) in [5.41, 5.74) is 0.0605. The molecule has 1 fully saturated rings. The van der Waals surface area contributed by atoms with Gasteiger partial charge in [-0.15, -0.1) is 0 Å². The van der Waals surface area contributed by atoms with Gasteiger partial charge in [-0.1, -0.05) is 0 Å². The number of rotatable bonds is 4. The molecular formula is C13H18N2O4. The molecule has 1 amide bonds. The summed E-state index contributed by atoms with van der Waals surface area (Å²) in [7, 11) is 1.60. The van der Waals surface area contributed by atoms with Gasteiger partial charge in [-0.2, -0.15) is 0 Å². The molecule has 0 saturated carbocycles. The summed E-state index contributed by atoms with van der Waals surface area (Å²) < 4.78 is 10.7. The van der Waals surface area contributed by atoms with E-state index in [1.165, 1.54) is 12.3 Å². The molecule has 1 aromatic rings. The zero-order chi connectivity index (χ0) is 13.9. The van der Waals surface area contributed by atoms with Crippen molar-refractivity contribution in [3.63, 3.8) is 0 Å². The van der Waals surface area contributed by atoms with Crippen molar-refractivity contribution in [3.05, 3.63) is 33.7 Å². The van der Waals surface area contributed by atoms with E-state index in [9.17, 15) is 9.59 Å². The number of ether oxygens (including phenoxy) is 2. The second-order valence-corrected chi connectivity index (χ2v) is 4.77. The highest BCUT2D eigenvalue weighted by molar-refractivity contribution is 5.93. The molecule has 19 heavy (non-hydrogen) atoms. The number of H-pyrrole nitrogens is 1. The Morgan fingerprint density at radius 3 is 3.00 bits per heavy atom. The van der Waals surface area contributed by atoms with Gasteiger partial charge in [0.05, 0.1) is 6.61 Å². The Labute approximate surface area is 111 Å². The maximum atomic E-state index is 12.0. The standard InChI is InChI=1S/C13H18N2O4/c1-9-5-11(16)10(6-14-9)12(17)15-7-13(18-2)3-4-19-8-13/h5-6H,3-4,7-8H2,1-2H3,(H,14,16)(H,15,17).